The highest BCUT2D eigenvalue weighted by molar-refractivity contribution is 9.10. The van der Waals surface area contributed by atoms with Crippen LogP contribution in [0.5, 0.6) is 0 Å². The molecule has 0 radical (unpaired) electrons. The summed E-state index contributed by atoms with van der Waals surface area (Å²) in [4.78, 5) is 14.4. The van der Waals surface area contributed by atoms with Gasteiger partial charge in [-0.15, -0.1) is 12.4 Å². The fourth-order valence-electron chi connectivity index (χ4n) is 2.41. The summed E-state index contributed by atoms with van der Waals surface area (Å²) in [5, 5.41) is 0.618. The Bertz CT molecular complexity index is 470. The molecule has 0 saturated carbocycles. The lowest BCUT2D eigenvalue weighted by Crippen LogP contribution is -2.34. The van der Waals surface area contributed by atoms with Crippen LogP contribution in [0.4, 0.5) is 0 Å². The summed E-state index contributed by atoms with van der Waals surface area (Å²) >= 11 is 9.27. The van der Waals surface area contributed by atoms with E-state index in [0.717, 1.165) is 17.4 Å². The average molecular weight is 368 g/mol. The fraction of sp³-hybridized carbons (Fsp3) is 0.462. The van der Waals surface area contributed by atoms with E-state index in [2.05, 4.69) is 22.9 Å². The third kappa shape index (κ3) is 3.63. The second-order valence-corrected chi connectivity index (χ2v) is 6.06. The van der Waals surface area contributed by atoms with Crippen LogP contribution in [0, 0.1) is 5.92 Å². The zero-order chi connectivity index (χ0) is 13.3. The molecule has 0 spiro atoms. The zero-order valence-electron chi connectivity index (χ0n) is 10.6. The smallest absolute Gasteiger partial charge is 0.255 e. The number of likely N-dealkylation sites (tertiary alicyclic amines) is 1. The van der Waals surface area contributed by atoms with Gasteiger partial charge in [-0.2, -0.15) is 0 Å². The summed E-state index contributed by atoms with van der Waals surface area (Å²) in [5.41, 5.74) is 6.34. The van der Waals surface area contributed by atoms with Crippen molar-refractivity contribution >= 4 is 45.8 Å². The molecule has 6 heteroatoms. The number of carbonyl (C=O) groups excluding carboxylic acids is 1. The highest BCUT2D eigenvalue weighted by atomic mass is 79.9. The Kier molecular flexibility index (Phi) is 6.12. The number of halogens is 3. The molecule has 0 bridgehead atoms. The molecule has 1 aliphatic heterocycles. The van der Waals surface area contributed by atoms with Crippen molar-refractivity contribution < 1.29 is 4.79 Å². The number of rotatable bonds is 2. The topological polar surface area (TPSA) is 46.3 Å². The van der Waals surface area contributed by atoms with Crippen molar-refractivity contribution in [1.82, 2.24) is 4.90 Å². The number of carbonyl (C=O) groups is 1. The van der Waals surface area contributed by atoms with Crippen molar-refractivity contribution in [2.75, 3.05) is 13.1 Å². The van der Waals surface area contributed by atoms with Gasteiger partial charge in [0.25, 0.3) is 5.91 Å². The molecule has 2 unspecified atom stereocenters. The average Bonchev–Trinajstić information content (AvgIpc) is 2.70. The molecule has 1 fully saturated rings. The van der Waals surface area contributed by atoms with Gasteiger partial charge in [0, 0.05) is 22.1 Å². The van der Waals surface area contributed by atoms with Gasteiger partial charge < -0.3 is 10.6 Å². The van der Waals surface area contributed by atoms with E-state index in [0.29, 0.717) is 23.0 Å². The summed E-state index contributed by atoms with van der Waals surface area (Å²) in [7, 11) is 0. The number of nitrogens with zero attached hydrogens (tertiary/aromatic N) is 1. The van der Waals surface area contributed by atoms with Crippen LogP contribution in [0.15, 0.2) is 22.7 Å². The Hall–Kier alpha value is -0.290. The second kappa shape index (κ2) is 6.93. The summed E-state index contributed by atoms with van der Waals surface area (Å²) in [6.45, 7) is 3.44. The molecule has 2 atom stereocenters. The minimum absolute atomic E-state index is 0. The van der Waals surface area contributed by atoms with E-state index in [1.54, 1.807) is 18.2 Å². The van der Waals surface area contributed by atoms with Crippen molar-refractivity contribution in [3.8, 4) is 0 Å². The largest absolute Gasteiger partial charge is 0.336 e. The van der Waals surface area contributed by atoms with E-state index < -0.39 is 0 Å². The Morgan fingerprint density at radius 3 is 2.79 bits per heavy atom. The SMILES string of the molecule is CC1CC(CN)CN1C(=O)c1ccc(Cl)cc1Br.Cl. The fourth-order valence-corrected chi connectivity index (χ4v) is 3.27. The van der Waals surface area contributed by atoms with Gasteiger partial charge in [-0.1, -0.05) is 11.6 Å². The van der Waals surface area contributed by atoms with Gasteiger partial charge in [0.05, 0.1) is 5.56 Å². The maximum Gasteiger partial charge on any atom is 0.255 e. The van der Waals surface area contributed by atoms with Gasteiger partial charge in [-0.05, 0) is 59.9 Å². The molecule has 0 aromatic heterocycles. The minimum atomic E-state index is 0. The monoisotopic (exact) mass is 366 g/mol. The highest BCUT2D eigenvalue weighted by Gasteiger charge is 2.32. The summed E-state index contributed by atoms with van der Waals surface area (Å²) in [6, 6.07) is 5.49. The lowest BCUT2D eigenvalue weighted by atomic mass is 10.1. The molecule has 1 aromatic rings. The number of hydrogen-bond donors (Lipinski definition) is 1. The van der Waals surface area contributed by atoms with E-state index in [4.69, 9.17) is 17.3 Å². The van der Waals surface area contributed by atoms with Crippen LogP contribution in [0.2, 0.25) is 5.02 Å². The van der Waals surface area contributed by atoms with Crippen LogP contribution < -0.4 is 5.73 Å². The first-order valence-electron chi connectivity index (χ1n) is 5.99. The Morgan fingerprint density at radius 1 is 1.58 bits per heavy atom. The summed E-state index contributed by atoms with van der Waals surface area (Å²) in [5.74, 6) is 0.456. The van der Waals surface area contributed by atoms with Crippen molar-refractivity contribution in [3.63, 3.8) is 0 Å². The molecule has 1 amide bonds. The molecule has 3 nitrogen and oxygen atoms in total. The maximum absolute atomic E-state index is 12.5. The molecule has 2 N–H and O–H groups in total. The van der Waals surface area contributed by atoms with Crippen molar-refractivity contribution in [3.05, 3.63) is 33.3 Å². The van der Waals surface area contributed by atoms with Crippen LogP contribution in [0.25, 0.3) is 0 Å². The van der Waals surface area contributed by atoms with Crippen LogP contribution in [-0.4, -0.2) is 29.9 Å². The zero-order valence-corrected chi connectivity index (χ0v) is 13.8. The Labute approximate surface area is 133 Å². The van der Waals surface area contributed by atoms with Gasteiger partial charge in [-0.3, -0.25) is 4.79 Å². The minimum Gasteiger partial charge on any atom is -0.336 e. The maximum atomic E-state index is 12.5. The number of amides is 1. The number of nitrogens with two attached hydrogens (primary N) is 1. The van der Waals surface area contributed by atoms with E-state index in [1.165, 1.54) is 0 Å². The molecule has 0 aliphatic carbocycles. The van der Waals surface area contributed by atoms with Crippen LogP contribution >= 0.6 is 39.9 Å². The van der Waals surface area contributed by atoms with Gasteiger partial charge in [-0.25, -0.2) is 0 Å². The normalized spacial score (nSPS) is 22.2. The lowest BCUT2D eigenvalue weighted by Gasteiger charge is -2.22. The van der Waals surface area contributed by atoms with Gasteiger partial charge in [0.1, 0.15) is 0 Å². The standard InChI is InChI=1S/C13H16BrClN2O.ClH/c1-8-4-9(6-16)7-17(8)13(18)11-3-2-10(15)5-12(11)14;/h2-3,5,8-9H,4,6-7,16H2,1H3;1H. The quantitative estimate of drug-likeness (QED) is 0.871. The molecular formula is C13H17BrCl2N2O. The van der Waals surface area contributed by atoms with Gasteiger partial charge >= 0.3 is 0 Å². The lowest BCUT2D eigenvalue weighted by molar-refractivity contribution is 0.0742. The molecule has 1 heterocycles. The summed E-state index contributed by atoms with van der Waals surface area (Å²) < 4.78 is 0.739. The molecular weight excluding hydrogens is 351 g/mol. The van der Waals surface area contributed by atoms with Crippen LogP contribution in [0.1, 0.15) is 23.7 Å². The van der Waals surface area contributed by atoms with Crippen molar-refractivity contribution in [1.29, 1.82) is 0 Å². The number of hydrogen-bond acceptors (Lipinski definition) is 2. The van der Waals surface area contributed by atoms with E-state index in [1.807, 2.05) is 4.90 Å². The van der Waals surface area contributed by atoms with E-state index >= 15 is 0 Å². The Morgan fingerprint density at radius 2 is 2.26 bits per heavy atom. The molecule has 2 rings (SSSR count). The predicted octanol–water partition coefficient (Wildman–Crippen LogP) is 3.33. The number of benzene rings is 1. The summed E-state index contributed by atoms with van der Waals surface area (Å²) in [6.07, 6.45) is 0.980. The van der Waals surface area contributed by atoms with E-state index in [-0.39, 0.29) is 24.4 Å². The van der Waals surface area contributed by atoms with E-state index in [9.17, 15) is 4.79 Å². The van der Waals surface area contributed by atoms with Crippen molar-refractivity contribution in [2.45, 2.75) is 19.4 Å². The van der Waals surface area contributed by atoms with Gasteiger partial charge in [0.15, 0.2) is 0 Å². The molecule has 1 aliphatic rings. The first kappa shape index (κ1) is 16.8. The third-order valence-corrected chi connectivity index (χ3v) is 4.31. The van der Waals surface area contributed by atoms with Crippen LogP contribution in [0.3, 0.4) is 0 Å². The first-order valence-corrected chi connectivity index (χ1v) is 7.16. The molecule has 106 valence electrons. The van der Waals surface area contributed by atoms with Gasteiger partial charge in [0.2, 0.25) is 0 Å². The second-order valence-electron chi connectivity index (χ2n) is 4.77. The highest BCUT2D eigenvalue weighted by Crippen LogP contribution is 2.28. The predicted molar refractivity (Wildman–Crippen MR) is 84.1 cm³/mol. The third-order valence-electron chi connectivity index (χ3n) is 3.42. The molecule has 19 heavy (non-hydrogen) atoms. The van der Waals surface area contributed by atoms with Crippen LogP contribution in [-0.2, 0) is 0 Å². The molecule has 1 aromatic carbocycles. The Balaban J connectivity index is 0.00000180. The molecule has 1 saturated heterocycles. The first-order chi connectivity index (χ1) is 8.52. The van der Waals surface area contributed by atoms with Crippen molar-refractivity contribution in [2.24, 2.45) is 11.7 Å².